The Balaban J connectivity index is 1.63. The van der Waals surface area contributed by atoms with Gasteiger partial charge >= 0.3 is 6.03 Å². The van der Waals surface area contributed by atoms with Gasteiger partial charge in [0.1, 0.15) is 0 Å². The summed E-state index contributed by atoms with van der Waals surface area (Å²) in [6, 6.07) is 8.13. The number of rotatable bonds is 3. The number of urea groups is 1. The number of benzene rings is 1. The monoisotopic (exact) mass is 343 g/mol. The fourth-order valence-electron chi connectivity index (χ4n) is 2.96. The summed E-state index contributed by atoms with van der Waals surface area (Å²) in [6.45, 7) is 7.12. The largest absolute Gasteiger partial charge is 0.419 e. The Morgan fingerprint density at radius 1 is 1.12 bits per heavy atom. The molecule has 1 unspecified atom stereocenters. The van der Waals surface area contributed by atoms with Gasteiger partial charge in [-0.05, 0) is 26.0 Å². The average molecular weight is 343 g/mol. The van der Waals surface area contributed by atoms with Crippen LogP contribution in [0, 0.1) is 6.92 Å². The number of hydrogen-bond donors (Lipinski definition) is 0. The molecule has 0 bridgehead atoms. The fraction of sp³-hybridized carbons (Fsp3) is 0.500. The van der Waals surface area contributed by atoms with Gasteiger partial charge in [0, 0.05) is 45.8 Å². The Morgan fingerprint density at radius 3 is 2.36 bits per heavy atom. The van der Waals surface area contributed by atoms with E-state index in [1.54, 1.807) is 19.0 Å². The van der Waals surface area contributed by atoms with Crippen LogP contribution in [0.15, 0.2) is 28.7 Å². The van der Waals surface area contributed by atoms with Crippen LogP contribution in [0.5, 0.6) is 0 Å². The van der Waals surface area contributed by atoms with Crippen LogP contribution in [-0.2, 0) is 0 Å². The Kier molecular flexibility index (Phi) is 5.03. The second-order valence-corrected chi connectivity index (χ2v) is 6.69. The molecular weight excluding hydrogens is 318 g/mol. The molecule has 7 heteroatoms. The maximum Gasteiger partial charge on any atom is 0.319 e. The maximum absolute atomic E-state index is 12.0. The van der Waals surface area contributed by atoms with Crippen molar-refractivity contribution >= 4 is 6.03 Å². The first-order valence-corrected chi connectivity index (χ1v) is 8.56. The smallest absolute Gasteiger partial charge is 0.319 e. The molecule has 2 heterocycles. The third kappa shape index (κ3) is 3.82. The van der Waals surface area contributed by atoms with Gasteiger partial charge < -0.3 is 14.2 Å². The number of hydrogen-bond acceptors (Lipinski definition) is 5. The molecule has 2 amide bonds. The van der Waals surface area contributed by atoms with E-state index >= 15 is 0 Å². The van der Waals surface area contributed by atoms with Crippen LogP contribution in [0.2, 0.25) is 0 Å². The molecule has 1 aromatic heterocycles. The van der Waals surface area contributed by atoms with E-state index in [0.717, 1.165) is 18.7 Å². The molecule has 0 spiro atoms. The zero-order chi connectivity index (χ0) is 18.0. The van der Waals surface area contributed by atoms with E-state index in [4.69, 9.17) is 4.42 Å². The highest BCUT2D eigenvalue weighted by molar-refractivity contribution is 5.73. The predicted octanol–water partition coefficient (Wildman–Crippen LogP) is 2.41. The van der Waals surface area contributed by atoms with Crippen molar-refractivity contribution in [2.75, 3.05) is 40.3 Å². The highest BCUT2D eigenvalue weighted by Gasteiger charge is 2.28. The highest BCUT2D eigenvalue weighted by Crippen LogP contribution is 2.25. The standard InChI is InChI=1S/C18H25N5O2/c1-13-5-7-15(8-6-13)17-20-19-16(25-17)14(2)22-9-11-23(12-10-22)18(24)21(3)4/h5-8,14H,9-12H2,1-4H3. The van der Waals surface area contributed by atoms with Crippen LogP contribution < -0.4 is 0 Å². The molecule has 25 heavy (non-hydrogen) atoms. The maximum atomic E-state index is 12.0. The summed E-state index contributed by atoms with van der Waals surface area (Å²) in [6.07, 6.45) is 0. The van der Waals surface area contributed by atoms with Crippen LogP contribution in [-0.4, -0.2) is 71.2 Å². The van der Waals surface area contributed by atoms with Gasteiger partial charge in [0.25, 0.3) is 0 Å². The van der Waals surface area contributed by atoms with Crippen LogP contribution in [0.3, 0.4) is 0 Å². The normalized spacial score (nSPS) is 16.7. The van der Waals surface area contributed by atoms with Crippen molar-refractivity contribution < 1.29 is 9.21 Å². The number of carbonyl (C=O) groups excluding carboxylic acids is 1. The molecule has 0 aliphatic carbocycles. The van der Waals surface area contributed by atoms with Gasteiger partial charge in [0.2, 0.25) is 11.8 Å². The van der Waals surface area contributed by atoms with Gasteiger partial charge in [-0.3, -0.25) is 4.90 Å². The summed E-state index contributed by atoms with van der Waals surface area (Å²) in [5, 5.41) is 8.41. The first-order valence-electron chi connectivity index (χ1n) is 8.56. The zero-order valence-corrected chi connectivity index (χ0v) is 15.3. The number of amides is 2. The summed E-state index contributed by atoms with van der Waals surface area (Å²) in [4.78, 5) is 17.8. The van der Waals surface area contributed by atoms with E-state index in [1.807, 2.05) is 36.1 Å². The van der Waals surface area contributed by atoms with Crippen LogP contribution in [0.25, 0.3) is 11.5 Å². The molecule has 134 valence electrons. The van der Waals surface area contributed by atoms with E-state index in [0.29, 0.717) is 24.9 Å². The topological polar surface area (TPSA) is 65.7 Å². The lowest BCUT2D eigenvalue weighted by Gasteiger charge is -2.37. The molecule has 1 atom stereocenters. The van der Waals surface area contributed by atoms with Crippen molar-refractivity contribution in [2.45, 2.75) is 19.9 Å². The number of carbonyl (C=O) groups is 1. The molecule has 0 N–H and O–H groups in total. The van der Waals surface area contributed by atoms with Gasteiger partial charge in [-0.25, -0.2) is 4.79 Å². The Hall–Kier alpha value is -2.41. The van der Waals surface area contributed by atoms with Crippen LogP contribution in [0.1, 0.15) is 24.4 Å². The van der Waals surface area contributed by atoms with Gasteiger partial charge in [-0.2, -0.15) is 0 Å². The molecule has 1 saturated heterocycles. The summed E-state index contributed by atoms with van der Waals surface area (Å²) < 4.78 is 5.88. The summed E-state index contributed by atoms with van der Waals surface area (Å²) in [5.74, 6) is 1.16. The summed E-state index contributed by atoms with van der Waals surface area (Å²) in [5.41, 5.74) is 2.12. The Morgan fingerprint density at radius 2 is 1.76 bits per heavy atom. The molecule has 1 aromatic carbocycles. The van der Waals surface area contributed by atoms with Crippen molar-refractivity contribution in [3.63, 3.8) is 0 Å². The summed E-state index contributed by atoms with van der Waals surface area (Å²) in [7, 11) is 3.56. The summed E-state index contributed by atoms with van der Waals surface area (Å²) >= 11 is 0. The number of aromatic nitrogens is 2. The highest BCUT2D eigenvalue weighted by atomic mass is 16.4. The predicted molar refractivity (Wildman–Crippen MR) is 95.1 cm³/mol. The van der Waals surface area contributed by atoms with Crippen molar-refractivity contribution in [2.24, 2.45) is 0 Å². The van der Waals surface area contributed by atoms with Crippen molar-refractivity contribution in [1.29, 1.82) is 0 Å². The van der Waals surface area contributed by atoms with E-state index in [9.17, 15) is 4.79 Å². The van der Waals surface area contributed by atoms with Crippen molar-refractivity contribution in [3.05, 3.63) is 35.7 Å². The minimum absolute atomic E-state index is 0.0308. The second-order valence-electron chi connectivity index (χ2n) is 6.69. The molecular formula is C18H25N5O2. The fourth-order valence-corrected chi connectivity index (χ4v) is 2.96. The minimum atomic E-state index is 0.0308. The molecule has 7 nitrogen and oxygen atoms in total. The Bertz CT molecular complexity index is 717. The van der Waals surface area contributed by atoms with Gasteiger partial charge in [0.05, 0.1) is 6.04 Å². The SMILES string of the molecule is Cc1ccc(-c2nnc(C(C)N3CCN(C(=O)N(C)C)CC3)o2)cc1. The molecule has 0 saturated carbocycles. The number of nitrogens with zero attached hydrogens (tertiary/aromatic N) is 5. The minimum Gasteiger partial charge on any atom is -0.419 e. The number of piperazine rings is 1. The van der Waals surface area contributed by atoms with Crippen LogP contribution >= 0.6 is 0 Å². The van der Waals surface area contributed by atoms with E-state index < -0.39 is 0 Å². The van der Waals surface area contributed by atoms with E-state index in [-0.39, 0.29) is 12.1 Å². The first kappa shape index (κ1) is 17.4. The van der Waals surface area contributed by atoms with E-state index in [1.165, 1.54) is 5.56 Å². The second kappa shape index (κ2) is 7.23. The third-order valence-electron chi connectivity index (χ3n) is 4.61. The lowest BCUT2D eigenvalue weighted by Crippen LogP contribution is -2.51. The molecule has 2 aromatic rings. The van der Waals surface area contributed by atoms with Gasteiger partial charge in [-0.1, -0.05) is 17.7 Å². The van der Waals surface area contributed by atoms with Crippen molar-refractivity contribution in [3.8, 4) is 11.5 Å². The third-order valence-corrected chi connectivity index (χ3v) is 4.61. The molecule has 1 aliphatic rings. The Labute approximate surface area is 148 Å². The lowest BCUT2D eigenvalue weighted by molar-refractivity contribution is 0.0939. The van der Waals surface area contributed by atoms with Crippen LogP contribution in [0.4, 0.5) is 4.79 Å². The van der Waals surface area contributed by atoms with Gasteiger partial charge in [0.15, 0.2) is 0 Å². The first-order chi connectivity index (χ1) is 12.0. The van der Waals surface area contributed by atoms with E-state index in [2.05, 4.69) is 22.0 Å². The van der Waals surface area contributed by atoms with Crippen molar-refractivity contribution in [1.82, 2.24) is 24.9 Å². The zero-order valence-electron chi connectivity index (χ0n) is 15.3. The lowest BCUT2D eigenvalue weighted by atomic mass is 10.1. The molecule has 0 radical (unpaired) electrons. The number of aryl methyl sites for hydroxylation is 1. The molecule has 3 rings (SSSR count). The molecule has 1 aliphatic heterocycles. The van der Waals surface area contributed by atoms with Gasteiger partial charge in [-0.15, -0.1) is 10.2 Å². The average Bonchev–Trinajstić information content (AvgIpc) is 3.11. The quantitative estimate of drug-likeness (QED) is 0.856. The molecule has 1 fully saturated rings.